The molecule has 0 aliphatic carbocycles. The molecule has 1 unspecified atom stereocenters. The minimum Gasteiger partial charge on any atom is -0.352 e. The van der Waals surface area contributed by atoms with Crippen LogP contribution in [0.1, 0.15) is 17.4 Å². The van der Waals surface area contributed by atoms with E-state index in [9.17, 15) is 0 Å². The van der Waals surface area contributed by atoms with Gasteiger partial charge in [-0.05, 0) is 24.6 Å². The quantitative estimate of drug-likeness (QED) is 0.732. The van der Waals surface area contributed by atoms with Crippen molar-refractivity contribution in [2.24, 2.45) is 0 Å². The monoisotopic (exact) mass is 215 g/mol. The lowest BCUT2D eigenvalue weighted by atomic mass is 10.0. The van der Waals surface area contributed by atoms with Gasteiger partial charge in [-0.1, -0.05) is 18.2 Å². The van der Waals surface area contributed by atoms with Gasteiger partial charge in [0.1, 0.15) is 12.9 Å². The summed E-state index contributed by atoms with van der Waals surface area (Å²) in [5, 5.41) is 1.16. The Morgan fingerprint density at radius 2 is 2.19 bits per heavy atom. The van der Waals surface area contributed by atoms with Gasteiger partial charge in [0, 0.05) is 11.1 Å². The maximum absolute atomic E-state index is 5.55. The van der Waals surface area contributed by atoms with Crippen molar-refractivity contribution in [3.63, 3.8) is 0 Å². The molecule has 1 aliphatic rings. The number of benzene rings is 1. The summed E-state index contributed by atoms with van der Waals surface area (Å²) < 4.78 is 10.8. The van der Waals surface area contributed by atoms with Crippen LogP contribution in [-0.4, -0.2) is 18.4 Å². The molecule has 1 saturated heterocycles. The van der Waals surface area contributed by atoms with Crippen molar-refractivity contribution in [1.29, 1.82) is 0 Å². The molecule has 0 amide bonds. The van der Waals surface area contributed by atoms with Gasteiger partial charge in [0.25, 0.3) is 0 Å². The molecule has 16 heavy (non-hydrogen) atoms. The van der Waals surface area contributed by atoms with E-state index >= 15 is 0 Å². The predicted octanol–water partition coefficient (Wildman–Crippen LogP) is 2.59. The maximum atomic E-state index is 5.55. The van der Waals surface area contributed by atoms with Crippen molar-refractivity contribution in [2.75, 3.05) is 13.4 Å². The van der Waals surface area contributed by atoms with Crippen molar-refractivity contribution >= 4 is 10.9 Å². The molecule has 1 aromatic heterocycles. The van der Waals surface area contributed by atoms with Crippen LogP contribution in [0.4, 0.5) is 0 Å². The molecule has 0 radical (unpaired) electrons. The third kappa shape index (κ3) is 1.58. The van der Waals surface area contributed by atoms with Crippen molar-refractivity contribution in [1.82, 2.24) is 4.98 Å². The molecule has 3 nitrogen and oxygen atoms in total. The van der Waals surface area contributed by atoms with E-state index in [-0.39, 0.29) is 6.10 Å². The Hall–Kier alpha value is -1.45. The van der Waals surface area contributed by atoms with Crippen LogP contribution in [0.5, 0.6) is 0 Å². The summed E-state index contributed by atoms with van der Waals surface area (Å²) in [6.07, 6.45) is 0.0478. The molecule has 82 valence electrons. The summed E-state index contributed by atoms with van der Waals surface area (Å²) in [5.41, 5.74) is 3.22. The van der Waals surface area contributed by atoms with Crippen LogP contribution in [-0.2, 0) is 9.47 Å². The van der Waals surface area contributed by atoms with E-state index in [2.05, 4.69) is 17.1 Å². The number of rotatable bonds is 1. The van der Waals surface area contributed by atoms with Crippen LogP contribution < -0.4 is 0 Å². The second-order valence-electron chi connectivity index (χ2n) is 4.01. The van der Waals surface area contributed by atoms with Gasteiger partial charge in [-0.15, -0.1) is 0 Å². The molecule has 2 aromatic rings. The second-order valence-corrected chi connectivity index (χ2v) is 4.01. The normalized spacial score (nSPS) is 20.4. The van der Waals surface area contributed by atoms with E-state index in [1.165, 1.54) is 5.56 Å². The molecule has 0 saturated carbocycles. The Balaban J connectivity index is 2.21. The first kappa shape index (κ1) is 9.75. The van der Waals surface area contributed by atoms with Gasteiger partial charge in [0.15, 0.2) is 0 Å². The average Bonchev–Trinajstić information content (AvgIpc) is 2.81. The van der Waals surface area contributed by atoms with Gasteiger partial charge >= 0.3 is 0 Å². The predicted molar refractivity (Wildman–Crippen MR) is 61.1 cm³/mol. The summed E-state index contributed by atoms with van der Waals surface area (Å²) in [6.45, 7) is 3.03. The number of ether oxygens (including phenoxy) is 2. The van der Waals surface area contributed by atoms with Gasteiger partial charge in [0.2, 0.25) is 0 Å². The summed E-state index contributed by atoms with van der Waals surface area (Å²) in [5.74, 6) is 0. The average molecular weight is 215 g/mol. The summed E-state index contributed by atoms with van der Waals surface area (Å²) in [7, 11) is 0. The van der Waals surface area contributed by atoms with Crippen molar-refractivity contribution in [3.05, 3.63) is 41.6 Å². The van der Waals surface area contributed by atoms with E-state index in [0.717, 1.165) is 16.6 Å². The smallest absolute Gasteiger partial charge is 0.147 e. The Morgan fingerprint density at radius 1 is 1.31 bits per heavy atom. The molecule has 1 fully saturated rings. The minimum atomic E-state index is 0.0478. The molecule has 3 heteroatoms. The molecule has 1 aliphatic heterocycles. The lowest BCUT2D eigenvalue weighted by molar-refractivity contribution is 0.0469. The summed E-state index contributed by atoms with van der Waals surface area (Å²) >= 11 is 0. The highest BCUT2D eigenvalue weighted by atomic mass is 16.7. The van der Waals surface area contributed by atoms with E-state index in [1.807, 2.05) is 25.1 Å². The number of para-hydroxylation sites is 1. The van der Waals surface area contributed by atoms with E-state index in [1.54, 1.807) is 0 Å². The van der Waals surface area contributed by atoms with Crippen LogP contribution in [0.25, 0.3) is 10.9 Å². The molecular weight excluding hydrogens is 202 g/mol. The fourth-order valence-electron chi connectivity index (χ4n) is 2.12. The Kier molecular flexibility index (Phi) is 2.35. The molecule has 0 spiro atoms. The highest BCUT2D eigenvalue weighted by Crippen LogP contribution is 2.29. The topological polar surface area (TPSA) is 31.4 Å². The Bertz CT molecular complexity index is 518. The number of pyridine rings is 1. The first-order chi connectivity index (χ1) is 7.84. The van der Waals surface area contributed by atoms with E-state index < -0.39 is 0 Å². The Labute approximate surface area is 94.0 Å². The summed E-state index contributed by atoms with van der Waals surface area (Å²) in [4.78, 5) is 4.51. The minimum absolute atomic E-state index is 0.0478. The standard InChI is InChI=1S/C13H13NO2/c1-9-6-11(13-7-15-8-16-13)10-4-2-3-5-12(10)14-9/h2-6,13H,7-8H2,1H3. The van der Waals surface area contributed by atoms with Gasteiger partial charge in [0.05, 0.1) is 12.1 Å². The fraction of sp³-hybridized carbons (Fsp3) is 0.308. The zero-order chi connectivity index (χ0) is 11.0. The fourth-order valence-corrected chi connectivity index (χ4v) is 2.12. The molecule has 2 heterocycles. The van der Waals surface area contributed by atoms with E-state index in [4.69, 9.17) is 9.47 Å². The molecule has 0 N–H and O–H groups in total. The Morgan fingerprint density at radius 3 is 3.00 bits per heavy atom. The first-order valence-corrected chi connectivity index (χ1v) is 5.40. The van der Waals surface area contributed by atoms with Gasteiger partial charge < -0.3 is 9.47 Å². The lowest BCUT2D eigenvalue weighted by Crippen LogP contribution is -2.02. The molecular formula is C13H13NO2. The highest BCUT2D eigenvalue weighted by Gasteiger charge is 2.20. The number of hydrogen-bond acceptors (Lipinski definition) is 3. The van der Waals surface area contributed by atoms with E-state index in [0.29, 0.717) is 13.4 Å². The molecule has 1 atom stereocenters. The first-order valence-electron chi connectivity index (χ1n) is 5.40. The van der Waals surface area contributed by atoms with Gasteiger partial charge in [-0.2, -0.15) is 0 Å². The van der Waals surface area contributed by atoms with Gasteiger partial charge in [-0.25, -0.2) is 0 Å². The number of hydrogen-bond donors (Lipinski definition) is 0. The zero-order valence-corrected chi connectivity index (χ0v) is 9.14. The zero-order valence-electron chi connectivity index (χ0n) is 9.14. The van der Waals surface area contributed by atoms with Crippen LogP contribution in [0, 0.1) is 6.92 Å². The van der Waals surface area contributed by atoms with Crippen molar-refractivity contribution < 1.29 is 9.47 Å². The third-order valence-electron chi connectivity index (χ3n) is 2.84. The van der Waals surface area contributed by atoms with Crippen molar-refractivity contribution in [2.45, 2.75) is 13.0 Å². The maximum Gasteiger partial charge on any atom is 0.147 e. The lowest BCUT2D eigenvalue weighted by Gasteiger charge is -2.12. The number of fused-ring (bicyclic) bond motifs is 1. The summed E-state index contributed by atoms with van der Waals surface area (Å²) in [6, 6.07) is 10.2. The number of aryl methyl sites for hydroxylation is 1. The highest BCUT2D eigenvalue weighted by molar-refractivity contribution is 5.82. The number of aromatic nitrogens is 1. The number of nitrogens with zero attached hydrogens (tertiary/aromatic N) is 1. The van der Waals surface area contributed by atoms with Crippen LogP contribution in [0.2, 0.25) is 0 Å². The molecule has 1 aromatic carbocycles. The van der Waals surface area contributed by atoms with Gasteiger partial charge in [-0.3, -0.25) is 4.98 Å². The van der Waals surface area contributed by atoms with Crippen molar-refractivity contribution in [3.8, 4) is 0 Å². The SMILES string of the molecule is Cc1cc(C2COCO2)c2ccccc2n1. The molecule has 3 rings (SSSR count). The molecule has 0 bridgehead atoms. The largest absolute Gasteiger partial charge is 0.352 e. The van der Waals surface area contributed by atoms with Crippen LogP contribution in [0.15, 0.2) is 30.3 Å². The third-order valence-corrected chi connectivity index (χ3v) is 2.84. The second kappa shape index (κ2) is 3.85. The van der Waals surface area contributed by atoms with Crippen LogP contribution in [0.3, 0.4) is 0 Å². The van der Waals surface area contributed by atoms with Crippen LogP contribution >= 0.6 is 0 Å².